The van der Waals surface area contributed by atoms with Gasteiger partial charge in [0.2, 0.25) is 0 Å². The van der Waals surface area contributed by atoms with E-state index in [0.717, 1.165) is 0 Å². The maximum atomic E-state index is 4.78. The van der Waals surface area contributed by atoms with Crippen molar-refractivity contribution in [1.29, 1.82) is 0 Å². The third kappa shape index (κ3) is 2.99. The van der Waals surface area contributed by atoms with Crippen LogP contribution in [0.15, 0.2) is 5.38 Å². The zero-order chi connectivity index (χ0) is 12.3. The fourth-order valence-electron chi connectivity index (χ4n) is 2.31. The third-order valence-corrected chi connectivity index (χ3v) is 4.58. The molecule has 96 valence electrons. The minimum absolute atomic E-state index is 0.349. The van der Waals surface area contributed by atoms with E-state index in [1.807, 2.05) is 7.05 Å². The Kier molecular flexibility index (Phi) is 4.40. The van der Waals surface area contributed by atoms with Gasteiger partial charge in [0.15, 0.2) is 5.13 Å². The average Bonchev–Trinajstić information content (AvgIpc) is 2.72. The van der Waals surface area contributed by atoms with E-state index in [1.165, 1.54) is 43.1 Å². The lowest BCUT2D eigenvalue weighted by Crippen LogP contribution is -2.32. The summed E-state index contributed by atoms with van der Waals surface area (Å²) in [5.74, 6) is 0. The normalized spacial score (nSPS) is 23.5. The highest BCUT2D eigenvalue weighted by atomic mass is 32.1. The summed E-state index contributed by atoms with van der Waals surface area (Å²) in [4.78, 5) is 7.27. The van der Waals surface area contributed by atoms with Crippen LogP contribution in [0.4, 0.5) is 5.13 Å². The second kappa shape index (κ2) is 5.83. The summed E-state index contributed by atoms with van der Waals surface area (Å²) in [7, 11) is 1.98. The van der Waals surface area contributed by atoms with Gasteiger partial charge in [0.05, 0.1) is 5.69 Å². The molecule has 0 bridgehead atoms. The summed E-state index contributed by atoms with van der Waals surface area (Å²) in [6, 6.07) is 0.990. The summed E-state index contributed by atoms with van der Waals surface area (Å²) in [5, 5.41) is 6.64. The molecule has 1 aromatic rings. The SMILES string of the molecule is CNC(C)c1csc(N2CCCCCC2C)n1. The van der Waals surface area contributed by atoms with Crippen LogP contribution in [0.25, 0.3) is 0 Å². The Labute approximate surface area is 108 Å². The predicted molar refractivity (Wildman–Crippen MR) is 74.9 cm³/mol. The summed E-state index contributed by atoms with van der Waals surface area (Å²) in [6.07, 6.45) is 5.34. The minimum atomic E-state index is 0.349. The van der Waals surface area contributed by atoms with Crippen LogP contribution in [0.3, 0.4) is 0 Å². The van der Waals surface area contributed by atoms with Gasteiger partial charge < -0.3 is 10.2 Å². The minimum Gasteiger partial charge on any atom is -0.345 e. The van der Waals surface area contributed by atoms with E-state index in [-0.39, 0.29) is 0 Å². The number of aromatic nitrogens is 1. The molecule has 0 radical (unpaired) electrons. The number of rotatable bonds is 3. The second-order valence-electron chi connectivity index (χ2n) is 4.96. The molecule has 0 aromatic carbocycles. The molecule has 0 amide bonds. The van der Waals surface area contributed by atoms with Crippen molar-refractivity contribution in [2.45, 2.75) is 51.6 Å². The van der Waals surface area contributed by atoms with Crippen LogP contribution >= 0.6 is 11.3 Å². The molecule has 1 aliphatic heterocycles. The maximum absolute atomic E-state index is 4.78. The van der Waals surface area contributed by atoms with Crippen LogP contribution in [-0.4, -0.2) is 24.6 Å². The average molecular weight is 253 g/mol. The molecule has 3 nitrogen and oxygen atoms in total. The number of thiazole rings is 1. The van der Waals surface area contributed by atoms with Crippen molar-refractivity contribution in [3.63, 3.8) is 0 Å². The Morgan fingerprint density at radius 3 is 3.06 bits per heavy atom. The van der Waals surface area contributed by atoms with Crippen molar-refractivity contribution in [3.8, 4) is 0 Å². The molecule has 2 unspecified atom stereocenters. The molecule has 2 atom stereocenters. The molecule has 0 saturated carbocycles. The Bertz CT molecular complexity index is 350. The van der Waals surface area contributed by atoms with Crippen LogP contribution in [0.5, 0.6) is 0 Å². The monoisotopic (exact) mass is 253 g/mol. The Balaban J connectivity index is 2.12. The van der Waals surface area contributed by atoms with Gasteiger partial charge in [0, 0.05) is 24.0 Å². The Morgan fingerprint density at radius 2 is 2.29 bits per heavy atom. The van der Waals surface area contributed by atoms with Gasteiger partial charge in [-0.05, 0) is 33.7 Å². The highest BCUT2D eigenvalue weighted by Gasteiger charge is 2.20. The highest BCUT2D eigenvalue weighted by molar-refractivity contribution is 7.13. The van der Waals surface area contributed by atoms with E-state index in [9.17, 15) is 0 Å². The fourth-order valence-corrected chi connectivity index (χ4v) is 3.36. The van der Waals surface area contributed by atoms with Crippen LogP contribution in [0.2, 0.25) is 0 Å². The molecule has 2 heterocycles. The number of nitrogens with one attached hydrogen (secondary N) is 1. The largest absolute Gasteiger partial charge is 0.345 e. The van der Waals surface area contributed by atoms with Gasteiger partial charge in [-0.15, -0.1) is 11.3 Å². The molecule has 1 aromatic heterocycles. The van der Waals surface area contributed by atoms with E-state index in [4.69, 9.17) is 4.98 Å². The first-order valence-corrected chi connectivity index (χ1v) is 7.49. The van der Waals surface area contributed by atoms with Gasteiger partial charge in [0.25, 0.3) is 0 Å². The Hall–Kier alpha value is -0.610. The van der Waals surface area contributed by atoms with E-state index >= 15 is 0 Å². The molecule has 0 spiro atoms. The number of nitrogens with zero attached hydrogens (tertiary/aromatic N) is 2. The van der Waals surface area contributed by atoms with Crippen LogP contribution in [0, 0.1) is 0 Å². The van der Waals surface area contributed by atoms with E-state index in [0.29, 0.717) is 12.1 Å². The zero-order valence-electron chi connectivity index (χ0n) is 11.1. The first kappa shape index (κ1) is 12.8. The molecule has 4 heteroatoms. The summed E-state index contributed by atoms with van der Waals surface area (Å²) < 4.78 is 0. The molecule has 17 heavy (non-hydrogen) atoms. The molecular weight excluding hydrogens is 230 g/mol. The predicted octanol–water partition coefficient (Wildman–Crippen LogP) is 3.19. The molecule has 1 saturated heterocycles. The molecule has 2 rings (SSSR count). The zero-order valence-corrected chi connectivity index (χ0v) is 11.9. The lowest BCUT2D eigenvalue weighted by atomic mass is 10.1. The fraction of sp³-hybridized carbons (Fsp3) is 0.769. The van der Waals surface area contributed by atoms with Crippen LogP contribution in [0.1, 0.15) is 51.3 Å². The molecule has 0 aliphatic carbocycles. The standard InChI is InChI=1S/C13H23N3S/c1-10-7-5-4-6-8-16(10)13-15-12(9-17-13)11(2)14-3/h9-11,14H,4-8H2,1-3H3. The smallest absolute Gasteiger partial charge is 0.185 e. The van der Waals surface area contributed by atoms with Gasteiger partial charge in [-0.3, -0.25) is 0 Å². The summed E-state index contributed by atoms with van der Waals surface area (Å²) >= 11 is 1.79. The van der Waals surface area contributed by atoms with E-state index < -0.39 is 0 Å². The van der Waals surface area contributed by atoms with Crippen LogP contribution in [-0.2, 0) is 0 Å². The van der Waals surface area contributed by atoms with Crippen molar-refractivity contribution in [2.75, 3.05) is 18.5 Å². The van der Waals surface area contributed by atoms with Gasteiger partial charge >= 0.3 is 0 Å². The quantitative estimate of drug-likeness (QED) is 0.896. The topological polar surface area (TPSA) is 28.2 Å². The summed E-state index contributed by atoms with van der Waals surface area (Å²) in [6.45, 7) is 5.65. The lowest BCUT2D eigenvalue weighted by molar-refractivity contribution is 0.608. The second-order valence-corrected chi connectivity index (χ2v) is 5.79. The van der Waals surface area contributed by atoms with Gasteiger partial charge in [-0.25, -0.2) is 4.98 Å². The molecular formula is C13H23N3S. The number of hydrogen-bond donors (Lipinski definition) is 1. The van der Waals surface area contributed by atoms with E-state index in [1.54, 1.807) is 11.3 Å². The van der Waals surface area contributed by atoms with Crippen molar-refractivity contribution in [3.05, 3.63) is 11.1 Å². The Morgan fingerprint density at radius 1 is 1.47 bits per heavy atom. The first-order chi connectivity index (χ1) is 8.22. The van der Waals surface area contributed by atoms with Gasteiger partial charge in [-0.2, -0.15) is 0 Å². The highest BCUT2D eigenvalue weighted by Crippen LogP contribution is 2.28. The number of anilines is 1. The maximum Gasteiger partial charge on any atom is 0.185 e. The van der Waals surface area contributed by atoms with Crippen molar-refractivity contribution in [1.82, 2.24) is 10.3 Å². The van der Waals surface area contributed by atoms with Crippen LogP contribution < -0.4 is 10.2 Å². The number of hydrogen-bond acceptors (Lipinski definition) is 4. The van der Waals surface area contributed by atoms with Gasteiger partial charge in [0.1, 0.15) is 0 Å². The first-order valence-electron chi connectivity index (χ1n) is 6.61. The molecule has 1 N–H and O–H groups in total. The molecule has 1 fully saturated rings. The third-order valence-electron chi connectivity index (χ3n) is 3.69. The van der Waals surface area contributed by atoms with Crippen molar-refractivity contribution < 1.29 is 0 Å². The van der Waals surface area contributed by atoms with Crippen molar-refractivity contribution >= 4 is 16.5 Å². The summed E-state index contributed by atoms with van der Waals surface area (Å²) in [5.41, 5.74) is 1.17. The van der Waals surface area contributed by atoms with Crippen molar-refractivity contribution in [2.24, 2.45) is 0 Å². The molecule has 1 aliphatic rings. The van der Waals surface area contributed by atoms with E-state index in [2.05, 4.69) is 29.4 Å². The van der Waals surface area contributed by atoms with Gasteiger partial charge in [-0.1, -0.05) is 12.8 Å². The lowest BCUT2D eigenvalue weighted by Gasteiger charge is -2.26.